The second kappa shape index (κ2) is 6.37. The minimum Gasteiger partial charge on any atom is -0.507 e. The minimum absolute atomic E-state index is 0.0228. The van der Waals surface area contributed by atoms with Gasteiger partial charge in [-0.05, 0) is 29.2 Å². The van der Waals surface area contributed by atoms with Gasteiger partial charge >= 0.3 is 0 Å². The molecule has 0 amide bonds. The van der Waals surface area contributed by atoms with E-state index >= 15 is 0 Å². The molecule has 0 fully saturated rings. The summed E-state index contributed by atoms with van der Waals surface area (Å²) in [5.74, 6) is -0.130. The van der Waals surface area contributed by atoms with Gasteiger partial charge in [-0.2, -0.15) is 5.10 Å². The SMILES string of the molecule is CC(C)(C)c1ccc(C(=O)c2cn[nH]c2-c2cc(Cl)ccc2O)cc1. The molecule has 2 aromatic carbocycles. The third-order valence-corrected chi connectivity index (χ3v) is 4.36. The van der Waals surface area contributed by atoms with Gasteiger partial charge in [0.2, 0.25) is 0 Å². The third kappa shape index (κ3) is 3.44. The Morgan fingerprint density at radius 1 is 1.12 bits per heavy atom. The Morgan fingerprint density at radius 3 is 2.44 bits per heavy atom. The van der Waals surface area contributed by atoms with Crippen LogP contribution >= 0.6 is 11.6 Å². The molecular weight excluding hydrogens is 336 g/mol. The van der Waals surface area contributed by atoms with E-state index < -0.39 is 0 Å². The average molecular weight is 355 g/mol. The quantitative estimate of drug-likeness (QED) is 0.653. The van der Waals surface area contributed by atoms with Gasteiger partial charge in [0.1, 0.15) is 5.75 Å². The lowest BCUT2D eigenvalue weighted by molar-refractivity contribution is 0.103. The molecular formula is C20H19ClN2O2. The van der Waals surface area contributed by atoms with Crippen molar-refractivity contribution in [3.63, 3.8) is 0 Å². The summed E-state index contributed by atoms with van der Waals surface area (Å²) in [7, 11) is 0. The first kappa shape index (κ1) is 17.2. The van der Waals surface area contributed by atoms with E-state index in [0.717, 1.165) is 5.56 Å². The monoisotopic (exact) mass is 354 g/mol. The molecule has 0 unspecified atom stereocenters. The number of halogens is 1. The largest absolute Gasteiger partial charge is 0.507 e. The van der Waals surface area contributed by atoms with Crippen LogP contribution in [0.25, 0.3) is 11.3 Å². The summed E-state index contributed by atoms with van der Waals surface area (Å²) >= 11 is 6.01. The Bertz CT molecular complexity index is 922. The van der Waals surface area contributed by atoms with Crippen LogP contribution < -0.4 is 0 Å². The topological polar surface area (TPSA) is 66.0 Å². The van der Waals surface area contributed by atoms with Crippen LogP contribution in [-0.4, -0.2) is 21.1 Å². The number of hydrogen-bond acceptors (Lipinski definition) is 3. The van der Waals surface area contributed by atoms with Gasteiger partial charge in [-0.25, -0.2) is 0 Å². The number of ketones is 1. The molecule has 0 saturated heterocycles. The predicted octanol–water partition coefficient (Wildman–Crippen LogP) is 4.96. The van der Waals surface area contributed by atoms with Crippen molar-refractivity contribution in [3.05, 3.63) is 70.4 Å². The van der Waals surface area contributed by atoms with E-state index in [1.54, 1.807) is 12.1 Å². The fraction of sp³-hybridized carbons (Fsp3) is 0.200. The summed E-state index contributed by atoms with van der Waals surface area (Å²) in [6, 6.07) is 12.2. The molecule has 0 aliphatic carbocycles. The number of H-pyrrole nitrogens is 1. The maximum absolute atomic E-state index is 12.9. The van der Waals surface area contributed by atoms with E-state index in [1.807, 2.05) is 24.3 Å². The number of phenolic OH excluding ortho intramolecular Hbond substituents is 1. The van der Waals surface area contributed by atoms with Gasteiger partial charge < -0.3 is 5.11 Å². The molecule has 0 saturated carbocycles. The zero-order valence-corrected chi connectivity index (χ0v) is 15.1. The highest BCUT2D eigenvalue weighted by atomic mass is 35.5. The lowest BCUT2D eigenvalue weighted by Crippen LogP contribution is -2.11. The van der Waals surface area contributed by atoms with Crippen LogP contribution in [-0.2, 0) is 5.41 Å². The van der Waals surface area contributed by atoms with Crippen molar-refractivity contribution in [2.45, 2.75) is 26.2 Å². The van der Waals surface area contributed by atoms with Crippen molar-refractivity contribution < 1.29 is 9.90 Å². The number of carbonyl (C=O) groups excluding carboxylic acids is 1. The number of nitrogens with zero attached hydrogens (tertiary/aromatic N) is 1. The molecule has 0 aliphatic heterocycles. The molecule has 25 heavy (non-hydrogen) atoms. The highest BCUT2D eigenvalue weighted by Gasteiger charge is 2.20. The van der Waals surface area contributed by atoms with Crippen LogP contribution in [0.4, 0.5) is 0 Å². The Labute approximate surface area is 151 Å². The maximum atomic E-state index is 12.9. The first-order valence-electron chi connectivity index (χ1n) is 7.95. The van der Waals surface area contributed by atoms with E-state index in [2.05, 4.69) is 31.0 Å². The van der Waals surface area contributed by atoms with Gasteiger partial charge in [-0.3, -0.25) is 9.89 Å². The van der Waals surface area contributed by atoms with Crippen LogP contribution in [0.1, 0.15) is 42.3 Å². The van der Waals surface area contributed by atoms with Gasteiger partial charge in [-0.15, -0.1) is 0 Å². The Morgan fingerprint density at radius 2 is 1.80 bits per heavy atom. The van der Waals surface area contributed by atoms with Gasteiger partial charge in [0.05, 0.1) is 17.5 Å². The summed E-state index contributed by atoms with van der Waals surface area (Å²) in [4.78, 5) is 12.9. The number of phenols is 1. The van der Waals surface area contributed by atoms with Crippen molar-refractivity contribution in [1.29, 1.82) is 0 Å². The second-order valence-corrected chi connectivity index (χ2v) is 7.41. The van der Waals surface area contributed by atoms with Crippen LogP contribution in [0.2, 0.25) is 5.02 Å². The number of rotatable bonds is 3. The molecule has 4 nitrogen and oxygen atoms in total. The van der Waals surface area contributed by atoms with E-state index in [-0.39, 0.29) is 16.9 Å². The normalized spacial score (nSPS) is 11.5. The molecule has 5 heteroatoms. The van der Waals surface area contributed by atoms with Crippen LogP contribution in [0.5, 0.6) is 5.75 Å². The van der Waals surface area contributed by atoms with Crippen LogP contribution in [0, 0.1) is 0 Å². The predicted molar refractivity (Wildman–Crippen MR) is 99.3 cm³/mol. The molecule has 0 bridgehead atoms. The van der Waals surface area contributed by atoms with Crippen molar-refractivity contribution >= 4 is 17.4 Å². The number of carbonyl (C=O) groups is 1. The molecule has 0 atom stereocenters. The van der Waals surface area contributed by atoms with E-state index in [9.17, 15) is 9.90 Å². The number of hydrogen-bond donors (Lipinski definition) is 2. The third-order valence-electron chi connectivity index (χ3n) is 4.13. The molecule has 0 radical (unpaired) electrons. The Balaban J connectivity index is 2.00. The van der Waals surface area contributed by atoms with Crippen molar-refractivity contribution in [2.24, 2.45) is 0 Å². The first-order valence-corrected chi connectivity index (χ1v) is 8.32. The molecule has 3 rings (SSSR count). The second-order valence-electron chi connectivity index (χ2n) is 6.98. The fourth-order valence-electron chi connectivity index (χ4n) is 2.65. The van der Waals surface area contributed by atoms with Crippen molar-refractivity contribution in [1.82, 2.24) is 10.2 Å². The molecule has 0 aliphatic rings. The summed E-state index contributed by atoms with van der Waals surface area (Å²) in [6.07, 6.45) is 1.47. The van der Waals surface area contributed by atoms with Gasteiger partial charge in [-0.1, -0.05) is 56.6 Å². The zero-order valence-electron chi connectivity index (χ0n) is 14.3. The summed E-state index contributed by atoms with van der Waals surface area (Å²) < 4.78 is 0. The number of benzene rings is 2. The van der Waals surface area contributed by atoms with E-state index in [4.69, 9.17) is 11.6 Å². The van der Waals surface area contributed by atoms with Gasteiger partial charge in [0, 0.05) is 16.1 Å². The van der Waals surface area contributed by atoms with E-state index in [1.165, 1.54) is 12.3 Å². The highest BCUT2D eigenvalue weighted by Crippen LogP contribution is 2.33. The molecule has 0 spiro atoms. The molecule has 1 heterocycles. The highest BCUT2D eigenvalue weighted by molar-refractivity contribution is 6.31. The van der Waals surface area contributed by atoms with Crippen molar-refractivity contribution in [3.8, 4) is 17.0 Å². The molecule has 3 aromatic rings. The lowest BCUT2D eigenvalue weighted by Gasteiger charge is -2.19. The average Bonchev–Trinajstić information content (AvgIpc) is 3.05. The van der Waals surface area contributed by atoms with Crippen LogP contribution in [0.3, 0.4) is 0 Å². The number of aromatic amines is 1. The first-order chi connectivity index (χ1) is 11.8. The lowest BCUT2D eigenvalue weighted by atomic mass is 9.86. The van der Waals surface area contributed by atoms with Crippen LogP contribution in [0.15, 0.2) is 48.7 Å². The molecule has 1 aromatic heterocycles. The minimum atomic E-state index is -0.163. The standard InChI is InChI=1S/C20H19ClN2O2/c1-20(2,3)13-6-4-12(5-7-13)19(25)16-11-22-23-18(16)15-10-14(21)8-9-17(15)24/h4-11,24H,1-3H3,(H,22,23). The molecule has 2 N–H and O–H groups in total. The maximum Gasteiger partial charge on any atom is 0.196 e. The van der Waals surface area contributed by atoms with E-state index in [0.29, 0.717) is 27.4 Å². The summed E-state index contributed by atoms with van der Waals surface area (Å²) in [5, 5.41) is 17.3. The van der Waals surface area contributed by atoms with Gasteiger partial charge in [0.25, 0.3) is 0 Å². The summed E-state index contributed by atoms with van der Waals surface area (Å²) in [5.41, 5.74) is 3.03. The molecule has 128 valence electrons. The van der Waals surface area contributed by atoms with Crippen molar-refractivity contribution in [2.75, 3.05) is 0 Å². The van der Waals surface area contributed by atoms with Gasteiger partial charge in [0.15, 0.2) is 5.78 Å². The Kier molecular flexibility index (Phi) is 4.39. The number of aromatic nitrogens is 2. The fourth-order valence-corrected chi connectivity index (χ4v) is 2.82. The number of aromatic hydroxyl groups is 1. The Hall–Kier alpha value is -2.59. The zero-order chi connectivity index (χ0) is 18.2. The smallest absolute Gasteiger partial charge is 0.196 e. The summed E-state index contributed by atoms with van der Waals surface area (Å²) in [6.45, 7) is 6.37. The number of nitrogens with one attached hydrogen (secondary N) is 1.